The van der Waals surface area contributed by atoms with Gasteiger partial charge < -0.3 is 15.1 Å². The summed E-state index contributed by atoms with van der Waals surface area (Å²) in [5.74, 6) is -0.317. The lowest BCUT2D eigenvalue weighted by Crippen LogP contribution is -2.51. The number of halogens is 1. The Morgan fingerprint density at radius 2 is 1.72 bits per heavy atom. The van der Waals surface area contributed by atoms with Crippen molar-refractivity contribution in [1.82, 2.24) is 24.9 Å². The summed E-state index contributed by atoms with van der Waals surface area (Å²) in [4.78, 5) is 46.4. The molecule has 1 atom stereocenters. The Labute approximate surface area is 216 Å². The molecule has 0 aromatic heterocycles. The second-order valence-corrected chi connectivity index (χ2v) is 10.0. The molecule has 0 spiro atoms. The van der Waals surface area contributed by atoms with Crippen LogP contribution in [0.1, 0.15) is 22.7 Å². The number of urea groups is 1. The van der Waals surface area contributed by atoms with Crippen LogP contribution in [0.25, 0.3) is 0 Å². The molecule has 188 valence electrons. The average Bonchev–Trinajstić information content (AvgIpc) is 3.20. The number of rotatable bonds is 5. The molecule has 2 aromatic rings. The number of amides is 4. The number of nitrogens with one attached hydrogen (secondary N) is 1. The van der Waals surface area contributed by atoms with Crippen molar-refractivity contribution < 1.29 is 14.4 Å². The smallest absolute Gasteiger partial charge is 0.322 e. The van der Waals surface area contributed by atoms with E-state index in [1.54, 1.807) is 25.2 Å². The van der Waals surface area contributed by atoms with Gasteiger partial charge in [0, 0.05) is 44.8 Å². The first-order chi connectivity index (χ1) is 17.3. The molecule has 0 bridgehead atoms. The Hall–Kier alpha value is -3.36. The van der Waals surface area contributed by atoms with Gasteiger partial charge in [-0.15, -0.1) is 0 Å². The number of carbonyl (C=O) groups excluding carboxylic acids is 3. The molecule has 36 heavy (non-hydrogen) atoms. The molecular weight excluding hydrogens is 478 g/mol. The summed E-state index contributed by atoms with van der Waals surface area (Å²) in [5, 5.41) is 3.36. The van der Waals surface area contributed by atoms with Gasteiger partial charge in [0.05, 0.1) is 23.9 Å². The zero-order valence-electron chi connectivity index (χ0n) is 20.5. The van der Waals surface area contributed by atoms with Gasteiger partial charge in [-0.1, -0.05) is 59.6 Å². The summed E-state index contributed by atoms with van der Waals surface area (Å²) >= 11 is 6.39. The maximum absolute atomic E-state index is 13.5. The third kappa shape index (κ3) is 4.70. The SMILES string of the molecule is Cc1ccc(CN2CCN(C(=O)CN3CC4=C(C3=O)C(c3ccccc3Cl)NC(=O)N4C)CC2)cc1. The minimum absolute atomic E-state index is 0.0128. The molecule has 1 fully saturated rings. The van der Waals surface area contributed by atoms with E-state index in [1.807, 2.05) is 11.0 Å². The minimum atomic E-state index is -0.643. The van der Waals surface area contributed by atoms with E-state index < -0.39 is 6.04 Å². The number of hydrogen-bond donors (Lipinski definition) is 1. The number of nitrogens with zero attached hydrogens (tertiary/aromatic N) is 4. The number of piperazine rings is 1. The summed E-state index contributed by atoms with van der Waals surface area (Å²) in [7, 11) is 1.64. The van der Waals surface area contributed by atoms with Gasteiger partial charge >= 0.3 is 6.03 Å². The molecule has 1 saturated heterocycles. The Morgan fingerprint density at radius 1 is 1.03 bits per heavy atom. The molecule has 3 aliphatic rings. The molecule has 1 N–H and O–H groups in total. The first-order valence-electron chi connectivity index (χ1n) is 12.2. The number of likely N-dealkylation sites (N-methyl/N-ethyl adjacent to an activating group) is 1. The quantitative estimate of drug-likeness (QED) is 0.675. The van der Waals surface area contributed by atoms with E-state index in [0.717, 1.165) is 19.6 Å². The van der Waals surface area contributed by atoms with Gasteiger partial charge in [-0.25, -0.2) is 4.79 Å². The fourth-order valence-electron chi connectivity index (χ4n) is 5.06. The van der Waals surface area contributed by atoms with Crippen molar-refractivity contribution in [2.75, 3.05) is 46.3 Å². The van der Waals surface area contributed by atoms with Crippen LogP contribution in [0.2, 0.25) is 5.02 Å². The fraction of sp³-hybridized carbons (Fsp3) is 0.370. The molecule has 0 saturated carbocycles. The minimum Gasteiger partial charge on any atom is -0.339 e. The van der Waals surface area contributed by atoms with E-state index >= 15 is 0 Å². The van der Waals surface area contributed by atoms with Gasteiger partial charge in [0.1, 0.15) is 6.54 Å². The Morgan fingerprint density at radius 3 is 2.42 bits per heavy atom. The second kappa shape index (κ2) is 9.95. The maximum atomic E-state index is 13.5. The normalized spacial score (nSPS) is 20.6. The molecule has 0 radical (unpaired) electrons. The van der Waals surface area contributed by atoms with Gasteiger partial charge in [0.25, 0.3) is 5.91 Å². The molecule has 0 aliphatic carbocycles. The summed E-state index contributed by atoms with van der Waals surface area (Å²) < 4.78 is 0. The number of hydrogen-bond acceptors (Lipinski definition) is 4. The van der Waals surface area contributed by atoms with Crippen molar-refractivity contribution in [3.63, 3.8) is 0 Å². The van der Waals surface area contributed by atoms with E-state index in [-0.39, 0.29) is 30.9 Å². The number of aryl methyl sites for hydroxylation is 1. The van der Waals surface area contributed by atoms with E-state index in [9.17, 15) is 14.4 Å². The predicted octanol–water partition coefficient (Wildman–Crippen LogP) is 2.79. The lowest BCUT2D eigenvalue weighted by molar-refractivity contribution is -0.139. The topological polar surface area (TPSA) is 76.2 Å². The highest BCUT2D eigenvalue weighted by Crippen LogP contribution is 2.37. The summed E-state index contributed by atoms with van der Waals surface area (Å²) in [6, 6.07) is 14.8. The maximum Gasteiger partial charge on any atom is 0.322 e. The molecule has 5 rings (SSSR count). The molecule has 1 unspecified atom stereocenters. The summed E-state index contributed by atoms with van der Waals surface area (Å²) in [6.45, 7) is 5.98. The van der Waals surface area contributed by atoms with Crippen molar-refractivity contribution in [3.05, 3.63) is 81.5 Å². The summed E-state index contributed by atoms with van der Waals surface area (Å²) in [6.07, 6.45) is 0. The van der Waals surface area contributed by atoms with Crippen LogP contribution in [-0.2, 0) is 16.1 Å². The van der Waals surface area contributed by atoms with Crippen molar-refractivity contribution >= 4 is 29.4 Å². The Kier molecular flexibility index (Phi) is 6.73. The second-order valence-electron chi connectivity index (χ2n) is 9.63. The van der Waals surface area contributed by atoms with Gasteiger partial charge in [0.2, 0.25) is 5.91 Å². The zero-order valence-corrected chi connectivity index (χ0v) is 21.3. The molecule has 8 nitrogen and oxygen atoms in total. The highest BCUT2D eigenvalue weighted by molar-refractivity contribution is 6.31. The molecule has 2 aromatic carbocycles. The molecule has 3 heterocycles. The van der Waals surface area contributed by atoms with Crippen molar-refractivity contribution in [2.24, 2.45) is 0 Å². The van der Waals surface area contributed by atoms with Crippen LogP contribution in [0.3, 0.4) is 0 Å². The molecule has 4 amide bonds. The number of carbonyl (C=O) groups is 3. The van der Waals surface area contributed by atoms with Crippen LogP contribution >= 0.6 is 11.6 Å². The zero-order chi connectivity index (χ0) is 25.4. The van der Waals surface area contributed by atoms with Crippen LogP contribution in [0.5, 0.6) is 0 Å². The van der Waals surface area contributed by atoms with E-state index in [1.165, 1.54) is 20.9 Å². The van der Waals surface area contributed by atoms with Crippen LogP contribution < -0.4 is 5.32 Å². The lowest BCUT2D eigenvalue weighted by atomic mass is 9.96. The highest BCUT2D eigenvalue weighted by atomic mass is 35.5. The standard InChI is InChI=1S/C27H30ClN5O3/c1-18-7-9-19(10-8-18)15-31-11-13-32(14-12-31)23(34)17-33-16-22-24(26(33)35)25(29-27(36)30(22)2)20-5-3-4-6-21(20)28/h3-10,25H,11-17H2,1-2H3,(H,29,36). The van der Waals surface area contributed by atoms with E-state index in [2.05, 4.69) is 41.4 Å². The van der Waals surface area contributed by atoms with Crippen molar-refractivity contribution in [3.8, 4) is 0 Å². The van der Waals surface area contributed by atoms with Gasteiger partial charge in [-0.05, 0) is 24.1 Å². The third-order valence-corrected chi connectivity index (χ3v) is 7.57. The third-order valence-electron chi connectivity index (χ3n) is 7.23. The Balaban J connectivity index is 1.22. The molecule has 3 aliphatic heterocycles. The summed E-state index contributed by atoms with van der Waals surface area (Å²) in [5.41, 5.74) is 4.26. The van der Waals surface area contributed by atoms with Gasteiger partial charge in [-0.3, -0.25) is 19.4 Å². The van der Waals surface area contributed by atoms with Gasteiger partial charge in [-0.2, -0.15) is 0 Å². The molecule has 9 heteroatoms. The van der Waals surface area contributed by atoms with Crippen LogP contribution in [0.15, 0.2) is 59.8 Å². The van der Waals surface area contributed by atoms with Crippen LogP contribution in [0, 0.1) is 6.92 Å². The fourth-order valence-corrected chi connectivity index (χ4v) is 5.31. The van der Waals surface area contributed by atoms with Crippen molar-refractivity contribution in [1.29, 1.82) is 0 Å². The largest absolute Gasteiger partial charge is 0.339 e. The lowest BCUT2D eigenvalue weighted by Gasteiger charge is -2.35. The average molecular weight is 508 g/mol. The molecular formula is C27H30ClN5O3. The predicted molar refractivity (Wildman–Crippen MR) is 137 cm³/mol. The number of benzene rings is 2. The van der Waals surface area contributed by atoms with E-state index in [4.69, 9.17) is 11.6 Å². The van der Waals surface area contributed by atoms with Crippen LogP contribution in [-0.4, -0.2) is 83.8 Å². The highest BCUT2D eigenvalue weighted by Gasteiger charge is 2.44. The first kappa shape index (κ1) is 24.3. The first-order valence-corrected chi connectivity index (χ1v) is 12.6. The Bertz CT molecular complexity index is 1220. The monoisotopic (exact) mass is 507 g/mol. The van der Waals surface area contributed by atoms with Gasteiger partial charge in [0.15, 0.2) is 0 Å². The van der Waals surface area contributed by atoms with E-state index in [0.29, 0.717) is 34.9 Å². The van der Waals surface area contributed by atoms with Crippen molar-refractivity contribution in [2.45, 2.75) is 19.5 Å². The van der Waals surface area contributed by atoms with Crippen LogP contribution in [0.4, 0.5) is 4.79 Å².